The summed E-state index contributed by atoms with van der Waals surface area (Å²) in [6, 6.07) is 16.3. The molecule has 2 aliphatic rings. The summed E-state index contributed by atoms with van der Waals surface area (Å²) in [5.74, 6) is 1.10. The van der Waals surface area contributed by atoms with Gasteiger partial charge in [0.25, 0.3) is 0 Å². The van der Waals surface area contributed by atoms with Gasteiger partial charge in [0, 0.05) is 30.7 Å². The summed E-state index contributed by atoms with van der Waals surface area (Å²) in [6.45, 7) is 4.39. The topological polar surface area (TPSA) is 41.6 Å². The minimum Gasteiger partial charge on any atom is -0.379 e. The normalized spacial score (nSPS) is 23.8. The lowest BCUT2D eigenvalue weighted by atomic mass is 10.0. The molecule has 2 aromatic carbocycles. The first-order valence-corrected chi connectivity index (χ1v) is 11.2. The molecule has 0 bridgehead atoms. The van der Waals surface area contributed by atoms with Crippen molar-refractivity contribution in [1.29, 1.82) is 0 Å². The van der Waals surface area contributed by atoms with E-state index in [0.717, 1.165) is 66.7 Å². The number of carbonyl (C=O) groups excluding carboxylic acids is 1. The summed E-state index contributed by atoms with van der Waals surface area (Å²) in [5, 5.41) is 3.84. The van der Waals surface area contributed by atoms with E-state index in [1.807, 2.05) is 30.3 Å². The molecule has 0 unspecified atom stereocenters. The Morgan fingerprint density at radius 2 is 1.89 bits per heavy atom. The molecule has 0 saturated carbocycles. The van der Waals surface area contributed by atoms with Crippen molar-refractivity contribution in [2.75, 3.05) is 38.6 Å². The molecule has 2 aliphatic heterocycles. The molecule has 2 aromatic rings. The fourth-order valence-corrected chi connectivity index (χ4v) is 5.10. The highest BCUT2D eigenvalue weighted by Gasteiger charge is 2.28. The second-order valence-corrected chi connectivity index (χ2v) is 8.94. The third kappa shape index (κ3) is 4.90. The molecule has 6 heteroatoms. The van der Waals surface area contributed by atoms with Crippen molar-refractivity contribution >= 4 is 29.3 Å². The predicted molar refractivity (Wildman–Crippen MR) is 116 cm³/mol. The number of hydrogen-bond acceptors (Lipinski definition) is 4. The largest absolute Gasteiger partial charge is 0.379 e. The molecule has 1 amide bonds. The van der Waals surface area contributed by atoms with E-state index in [9.17, 15) is 4.79 Å². The molecule has 4 rings (SSSR count). The van der Waals surface area contributed by atoms with E-state index in [4.69, 9.17) is 16.3 Å². The Morgan fingerprint density at radius 3 is 2.68 bits per heavy atom. The van der Waals surface area contributed by atoms with Gasteiger partial charge < -0.3 is 10.1 Å². The van der Waals surface area contributed by atoms with Gasteiger partial charge in [-0.15, -0.1) is 11.8 Å². The summed E-state index contributed by atoms with van der Waals surface area (Å²) in [6.07, 6.45) is 1.00. The van der Waals surface area contributed by atoms with Crippen LogP contribution in [-0.4, -0.2) is 55.4 Å². The number of benzene rings is 2. The predicted octanol–water partition coefficient (Wildman–Crippen LogP) is 4.00. The summed E-state index contributed by atoms with van der Waals surface area (Å²) in [4.78, 5) is 15.4. The highest BCUT2D eigenvalue weighted by molar-refractivity contribution is 8.00. The minimum absolute atomic E-state index is 0.119. The van der Waals surface area contributed by atoms with Crippen LogP contribution in [0.4, 0.5) is 0 Å². The highest BCUT2D eigenvalue weighted by atomic mass is 35.5. The quantitative estimate of drug-likeness (QED) is 0.817. The van der Waals surface area contributed by atoms with E-state index >= 15 is 0 Å². The number of halogens is 1. The van der Waals surface area contributed by atoms with E-state index in [1.54, 1.807) is 11.8 Å². The van der Waals surface area contributed by atoms with Gasteiger partial charge in [-0.25, -0.2) is 0 Å². The molecular weight excluding hydrogens is 392 g/mol. The third-order valence-electron chi connectivity index (χ3n) is 5.28. The van der Waals surface area contributed by atoms with Gasteiger partial charge in [-0.3, -0.25) is 9.69 Å². The molecule has 0 spiro atoms. The fraction of sp³-hybridized carbons (Fsp3) is 0.409. The van der Waals surface area contributed by atoms with Crippen LogP contribution < -0.4 is 5.32 Å². The summed E-state index contributed by atoms with van der Waals surface area (Å²) >= 11 is 7.75. The Balaban J connectivity index is 1.46. The molecule has 2 atom stereocenters. The maximum atomic E-state index is 13.0. The fourth-order valence-electron chi connectivity index (χ4n) is 3.76. The van der Waals surface area contributed by atoms with Gasteiger partial charge in [-0.05, 0) is 47.1 Å². The first-order chi connectivity index (χ1) is 13.7. The molecule has 2 saturated heterocycles. The number of nitrogens with one attached hydrogen (secondary N) is 1. The molecule has 0 aromatic heterocycles. The summed E-state index contributed by atoms with van der Waals surface area (Å²) in [5.41, 5.74) is 3.27. The van der Waals surface area contributed by atoms with Crippen molar-refractivity contribution in [3.63, 3.8) is 0 Å². The Bertz CT molecular complexity index is 808. The monoisotopic (exact) mass is 416 g/mol. The Morgan fingerprint density at radius 1 is 1.11 bits per heavy atom. The van der Waals surface area contributed by atoms with E-state index < -0.39 is 0 Å². The smallest absolute Gasteiger partial charge is 0.237 e. The van der Waals surface area contributed by atoms with Crippen molar-refractivity contribution in [3.05, 3.63) is 59.1 Å². The van der Waals surface area contributed by atoms with Gasteiger partial charge >= 0.3 is 0 Å². The summed E-state index contributed by atoms with van der Waals surface area (Å²) in [7, 11) is 0. The van der Waals surface area contributed by atoms with Crippen LogP contribution in [-0.2, 0) is 9.53 Å². The number of carbonyl (C=O) groups is 1. The van der Waals surface area contributed by atoms with Gasteiger partial charge in [0.1, 0.15) is 5.25 Å². The van der Waals surface area contributed by atoms with Crippen molar-refractivity contribution in [3.8, 4) is 11.1 Å². The van der Waals surface area contributed by atoms with E-state index in [2.05, 4.69) is 28.4 Å². The van der Waals surface area contributed by atoms with Crippen LogP contribution in [0.5, 0.6) is 0 Å². The van der Waals surface area contributed by atoms with Crippen LogP contribution in [0.1, 0.15) is 17.2 Å². The Hall–Kier alpha value is -1.53. The maximum Gasteiger partial charge on any atom is 0.237 e. The van der Waals surface area contributed by atoms with Gasteiger partial charge in [-0.1, -0.05) is 41.9 Å². The van der Waals surface area contributed by atoms with E-state index in [1.165, 1.54) is 0 Å². The SMILES string of the molecule is O=C1N[C@H](CN2CCOCC2)CCS[C@@H]1c1cccc(-c2ccc(Cl)cc2)c1. The molecule has 2 fully saturated rings. The molecule has 0 radical (unpaired) electrons. The zero-order chi connectivity index (χ0) is 19.3. The van der Waals surface area contributed by atoms with Crippen molar-refractivity contribution in [2.45, 2.75) is 17.7 Å². The Labute approximate surface area is 175 Å². The van der Waals surface area contributed by atoms with Gasteiger partial charge in [0.2, 0.25) is 5.91 Å². The van der Waals surface area contributed by atoms with Crippen LogP contribution >= 0.6 is 23.4 Å². The molecule has 4 nitrogen and oxygen atoms in total. The number of rotatable bonds is 4. The number of ether oxygens (including phenoxy) is 1. The van der Waals surface area contributed by atoms with Crippen molar-refractivity contribution in [1.82, 2.24) is 10.2 Å². The van der Waals surface area contributed by atoms with E-state index in [-0.39, 0.29) is 17.2 Å². The third-order valence-corrected chi connectivity index (χ3v) is 6.83. The molecule has 1 N–H and O–H groups in total. The van der Waals surface area contributed by atoms with Crippen molar-refractivity contribution in [2.24, 2.45) is 0 Å². The second-order valence-electron chi connectivity index (χ2n) is 7.29. The van der Waals surface area contributed by atoms with E-state index in [0.29, 0.717) is 0 Å². The lowest BCUT2D eigenvalue weighted by molar-refractivity contribution is -0.121. The molecule has 28 heavy (non-hydrogen) atoms. The highest BCUT2D eigenvalue weighted by Crippen LogP contribution is 2.34. The first kappa shape index (κ1) is 19.8. The second kappa shape index (κ2) is 9.31. The number of morpholine rings is 1. The summed E-state index contributed by atoms with van der Waals surface area (Å²) < 4.78 is 5.42. The number of hydrogen-bond donors (Lipinski definition) is 1. The standard InChI is InChI=1S/C22H25ClN2O2S/c23-19-6-4-16(5-7-19)17-2-1-3-18(14-17)21-22(26)24-20(8-13-28-21)15-25-9-11-27-12-10-25/h1-7,14,20-21H,8-13,15H2,(H,24,26)/t20-,21+/m0/s1. The zero-order valence-electron chi connectivity index (χ0n) is 15.8. The molecular formula is C22H25ClN2O2S. The molecule has 2 heterocycles. The van der Waals surface area contributed by atoms with Gasteiger partial charge in [0.05, 0.1) is 13.2 Å². The molecule has 148 valence electrons. The molecule has 0 aliphatic carbocycles. The lowest BCUT2D eigenvalue weighted by Crippen LogP contribution is -2.47. The van der Waals surface area contributed by atoms with Gasteiger partial charge in [-0.2, -0.15) is 0 Å². The zero-order valence-corrected chi connectivity index (χ0v) is 17.3. The average molecular weight is 417 g/mol. The number of amides is 1. The minimum atomic E-state index is -0.165. The van der Waals surface area contributed by atoms with Crippen LogP contribution in [0.15, 0.2) is 48.5 Å². The first-order valence-electron chi connectivity index (χ1n) is 9.77. The van der Waals surface area contributed by atoms with Crippen molar-refractivity contribution < 1.29 is 9.53 Å². The van der Waals surface area contributed by atoms with Crippen LogP contribution in [0.25, 0.3) is 11.1 Å². The lowest BCUT2D eigenvalue weighted by Gasteiger charge is -2.30. The number of nitrogens with zero attached hydrogens (tertiary/aromatic N) is 1. The number of thioether (sulfide) groups is 1. The average Bonchev–Trinajstić information content (AvgIpc) is 2.90. The van der Waals surface area contributed by atoms with Gasteiger partial charge in [0.15, 0.2) is 0 Å². The Kier molecular flexibility index (Phi) is 6.58. The van der Waals surface area contributed by atoms with Crippen LogP contribution in [0, 0.1) is 0 Å². The van der Waals surface area contributed by atoms with Crippen LogP contribution in [0.3, 0.4) is 0 Å². The maximum absolute atomic E-state index is 13.0. The van der Waals surface area contributed by atoms with Crippen LogP contribution in [0.2, 0.25) is 5.02 Å².